The predicted octanol–water partition coefficient (Wildman–Crippen LogP) is 0.0976. The van der Waals surface area contributed by atoms with Gasteiger partial charge in [-0.3, -0.25) is 9.59 Å². The highest BCUT2D eigenvalue weighted by Gasteiger charge is 2.15. The van der Waals surface area contributed by atoms with Gasteiger partial charge in [-0.15, -0.1) is 0 Å². The highest BCUT2D eigenvalue weighted by molar-refractivity contribution is 6.35. The average Bonchev–Trinajstić information content (AvgIpc) is 2.61. The van der Waals surface area contributed by atoms with Crippen molar-refractivity contribution in [3.63, 3.8) is 0 Å². The number of carbonyl (C=O) groups is 2. The third-order valence-electron chi connectivity index (χ3n) is 3.31. The van der Waals surface area contributed by atoms with Gasteiger partial charge in [0, 0.05) is 20.8 Å². The van der Waals surface area contributed by atoms with E-state index in [4.69, 9.17) is 18.9 Å². The number of rotatable bonds is 9. The molecule has 8 nitrogen and oxygen atoms in total. The molecule has 0 atom stereocenters. The predicted molar refractivity (Wildman–Crippen MR) is 87.1 cm³/mol. The van der Waals surface area contributed by atoms with E-state index >= 15 is 0 Å². The van der Waals surface area contributed by atoms with Crippen molar-refractivity contribution in [1.82, 2.24) is 10.6 Å². The zero-order valence-electron chi connectivity index (χ0n) is 14.4. The van der Waals surface area contributed by atoms with E-state index < -0.39 is 18.1 Å². The van der Waals surface area contributed by atoms with Crippen molar-refractivity contribution < 1.29 is 28.5 Å². The van der Waals surface area contributed by atoms with Crippen molar-refractivity contribution in [2.75, 3.05) is 41.5 Å². The van der Waals surface area contributed by atoms with Gasteiger partial charge in [0.1, 0.15) is 0 Å². The van der Waals surface area contributed by atoms with Crippen molar-refractivity contribution in [1.29, 1.82) is 0 Å². The van der Waals surface area contributed by atoms with Gasteiger partial charge < -0.3 is 29.6 Å². The molecule has 0 spiro atoms. The molecule has 0 fully saturated rings. The second-order valence-electron chi connectivity index (χ2n) is 4.81. The third kappa shape index (κ3) is 6.05. The maximum Gasteiger partial charge on any atom is 0.309 e. The lowest BCUT2D eigenvalue weighted by molar-refractivity contribution is -0.141. The largest absolute Gasteiger partial charge is 0.493 e. The van der Waals surface area contributed by atoms with Crippen LogP contribution < -0.4 is 20.1 Å². The maximum atomic E-state index is 11.7. The molecule has 1 aromatic carbocycles. The molecule has 0 aliphatic carbocycles. The van der Waals surface area contributed by atoms with Crippen LogP contribution in [-0.4, -0.2) is 59.6 Å². The van der Waals surface area contributed by atoms with E-state index in [1.165, 1.54) is 14.2 Å². The molecule has 0 aromatic heterocycles. The first kappa shape index (κ1) is 19.7. The second-order valence-corrected chi connectivity index (χ2v) is 4.81. The molecule has 0 aliphatic heterocycles. The van der Waals surface area contributed by atoms with Gasteiger partial charge in [0.15, 0.2) is 17.8 Å². The number of nitrogens with one attached hydrogen (secondary N) is 2. The molecular weight excluding hydrogens is 316 g/mol. The minimum absolute atomic E-state index is 0.0922. The molecule has 0 saturated heterocycles. The van der Waals surface area contributed by atoms with Crippen LogP contribution in [0.15, 0.2) is 18.2 Å². The Morgan fingerprint density at radius 2 is 1.58 bits per heavy atom. The Bertz CT molecular complexity index is 545. The summed E-state index contributed by atoms with van der Waals surface area (Å²) in [4.78, 5) is 23.3. The van der Waals surface area contributed by atoms with E-state index in [0.29, 0.717) is 24.5 Å². The number of benzene rings is 1. The molecule has 134 valence electrons. The van der Waals surface area contributed by atoms with Crippen LogP contribution in [0.3, 0.4) is 0 Å². The minimum Gasteiger partial charge on any atom is -0.493 e. The molecule has 2 N–H and O–H groups in total. The standard InChI is InChI=1S/C16H24N2O6/c1-21-12-6-5-11(9-13(12)22-2)7-8-17-15(19)16(20)18-10-14(23-3)24-4/h5-6,9,14H,7-8,10H2,1-4H3,(H,17,19)(H,18,20). The van der Waals surface area contributed by atoms with Crippen LogP contribution in [0.2, 0.25) is 0 Å². The average molecular weight is 340 g/mol. The Labute approximate surface area is 141 Å². The van der Waals surface area contributed by atoms with Crippen LogP contribution in [0, 0.1) is 0 Å². The number of hydrogen-bond donors (Lipinski definition) is 2. The van der Waals surface area contributed by atoms with Crippen LogP contribution >= 0.6 is 0 Å². The van der Waals surface area contributed by atoms with Crippen molar-refractivity contribution in [3.05, 3.63) is 23.8 Å². The van der Waals surface area contributed by atoms with Crippen LogP contribution in [-0.2, 0) is 25.5 Å². The number of methoxy groups -OCH3 is 4. The molecule has 24 heavy (non-hydrogen) atoms. The second kappa shape index (κ2) is 10.5. The summed E-state index contributed by atoms with van der Waals surface area (Å²) in [5, 5.41) is 4.98. The SMILES string of the molecule is COc1ccc(CCNC(=O)C(=O)NCC(OC)OC)cc1OC. The summed E-state index contributed by atoms with van der Waals surface area (Å²) in [6.07, 6.45) is -0.0356. The fourth-order valence-corrected chi connectivity index (χ4v) is 1.96. The summed E-state index contributed by atoms with van der Waals surface area (Å²) >= 11 is 0. The van der Waals surface area contributed by atoms with Gasteiger partial charge in [0.2, 0.25) is 0 Å². The van der Waals surface area contributed by atoms with Gasteiger partial charge in [0.05, 0.1) is 20.8 Å². The zero-order chi connectivity index (χ0) is 17.9. The van der Waals surface area contributed by atoms with Gasteiger partial charge >= 0.3 is 11.8 Å². The Balaban J connectivity index is 2.41. The zero-order valence-corrected chi connectivity index (χ0v) is 14.4. The lowest BCUT2D eigenvalue weighted by Crippen LogP contribution is -2.43. The first-order valence-corrected chi connectivity index (χ1v) is 7.38. The van der Waals surface area contributed by atoms with Crippen LogP contribution in [0.1, 0.15) is 5.56 Å². The first-order chi connectivity index (χ1) is 11.5. The summed E-state index contributed by atoms with van der Waals surface area (Å²) in [6.45, 7) is 0.411. The molecule has 0 unspecified atom stereocenters. The normalized spacial score (nSPS) is 10.4. The minimum atomic E-state index is -0.735. The van der Waals surface area contributed by atoms with E-state index in [1.807, 2.05) is 12.1 Å². The van der Waals surface area contributed by atoms with Crippen LogP contribution in [0.4, 0.5) is 0 Å². The quantitative estimate of drug-likeness (QED) is 0.489. The van der Waals surface area contributed by atoms with Gasteiger partial charge in [0.25, 0.3) is 0 Å². The van der Waals surface area contributed by atoms with Gasteiger partial charge in [-0.2, -0.15) is 0 Å². The molecule has 1 rings (SSSR count). The Hall–Kier alpha value is -2.32. The Morgan fingerprint density at radius 3 is 2.17 bits per heavy atom. The molecule has 0 aliphatic rings. The number of carbonyl (C=O) groups excluding carboxylic acids is 2. The van der Waals surface area contributed by atoms with E-state index in [0.717, 1.165) is 5.56 Å². The van der Waals surface area contributed by atoms with Crippen LogP contribution in [0.5, 0.6) is 11.5 Å². The highest BCUT2D eigenvalue weighted by atomic mass is 16.7. The third-order valence-corrected chi connectivity index (χ3v) is 3.31. The highest BCUT2D eigenvalue weighted by Crippen LogP contribution is 2.27. The van der Waals surface area contributed by atoms with E-state index in [-0.39, 0.29) is 6.54 Å². The van der Waals surface area contributed by atoms with Crippen LogP contribution in [0.25, 0.3) is 0 Å². The molecule has 8 heteroatoms. The van der Waals surface area contributed by atoms with E-state index in [1.54, 1.807) is 20.3 Å². The molecule has 0 saturated carbocycles. The summed E-state index contributed by atoms with van der Waals surface area (Å²) in [5.74, 6) is -0.192. The van der Waals surface area contributed by atoms with Gasteiger partial charge in [-0.05, 0) is 24.1 Å². The fourth-order valence-electron chi connectivity index (χ4n) is 1.96. The fraction of sp³-hybridized carbons (Fsp3) is 0.500. The monoisotopic (exact) mass is 340 g/mol. The summed E-state index contributed by atoms with van der Waals surface area (Å²) in [5.41, 5.74) is 0.951. The molecule has 2 amide bonds. The van der Waals surface area contributed by atoms with Gasteiger partial charge in [-0.25, -0.2) is 0 Å². The first-order valence-electron chi connectivity index (χ1n) is 7.38. The number of amides is 2. The Kier molecular flexibility index (Phi) is 8.59. The molecule has 0 heterocycles. The van der Waals surface area contributed by atoms with Crippen molar-refractivity contribution >= 4 is 11.8 Å². The number of hydrogen-bond acceptors (Lipinski definition) is 6. The molecule has 1 aromatic rings. The van der Waals surface area contributed by atoms with Crippen molar-refractivity contribution in [2.24, 2.45) is 0 Å². The lowest BCUT2D eigenvalue weighted by Gasteiger charge is -2.14. The van der Waals surface area contributed by atoms with E-state index in [9.17, 15) is 9.59 Å². The van der Waals surface area contributed by atoms with Crippen molar-refractivity contribution in [3.8, 4) is 11.5 Å². The van der Waals surface area contributed by atoms with Crippen molar-refractivity contribution in [2.45, 2.75) is 12.7 Å². The maximum absolute atomic E-state index is 11.7. The summed E-state index contributed by atoms with van der Waals surface area (Å²) in [6, 6.07) is 5.49. The van der Waals surface area contributed by atoms with E-state index in [2.05, 4.69) is 10.6 Å². The summed E-state index contributed by atoms with van der Waals surface area (Å²) < 4.78 is 20.2. The summed E-state index contributed by atoms with van der Waals surface area (Å²) in [7, 11) is 6.02. The molecule has 0 radical (unpaired) electrons. The smallest absolute Gasteiger partial charge is 0.309 e. The molecule has 0 bridgehead atoms. The van der Waals surface area contributed by atoms with Gasteiger partial charge in [-0.1, -0.05) is 6.07 Å². The topological polar surface area (TPSA) is 95.1 Å². The Morgan fingerprint density at radius 1 is 0.958 bits per heavy atom. The number of ether oxygens (including phenoxy) is 4. The lowest BCUT2D eigenvalue weighted by atomic mass is 10.1. The molecular formula is C16H24N2O6.